The molecule has 0 spiro atoms. The zero-order chi connectivity index (χ0) is 15.8. The highest BCUT2D eigenvalue weighted by Crippen LogP contribution is 2.26. The monoisotopic (exact) mass is 293 g/mol. The number of nitrogens with two attached hydrogens (primary N) is 1. The van der Waals surface area contributed by atoms with Gasteiger partial charge in [-0.1, -0.05) is 13.8 Å². The lowest BCUT2D eigenvalue weighted by Gasteiger charge is -2.25. The van der Waals surface area contributed by atoms with Crippen LogP contribution in [0.3, 0.4) is 0 Å². The molecule has 5 nitrogen and oxygen atoms in total. The van der Waals surface area contributed by atoms with Crippen LogP contribution in [0.4, 0.5) is 11.4 Å². The Balaban J connectivity index is 2.54. The molecule has 0 radical (unpaired) electrons. The third kappa shape index (κ3) is 5.27. The van der Waals surface area contributed by atoms with E-state index in [-0.39, 0.29) is 5.91 Å². The van der Waals surface area contributed by atoms with Crippen LogP contribution in [0.5, 0.6) is 5.75 Å². The van der Waals surface area contributed by atoms with E-state index in [1.807, 2.05) is 0 Å². The lowest BCUT2D eigenvalue weighted by molar-refractivity contribution is -0.116. The Labute approximate surface area is 127 Å². The summed E-state index contributed by atoms with van der Waals surface area (Å²) in [5.41, 5.74) is 6.96. The van der Waals surface area contributed by atoms with Crippen molar-refractivity contribution < 1.29 is 9.53 Å². The van der Waals surface area contributed by atoms with E-state index in [9.17, 15) is 4.79 Å². The highest BCUT2D eigenvalue weighted by molar-refractivity contribution is 5.92. The minimum atomic E-state index is -0.0177. The molecule has 0 aliphatic carbocycles. The summed E-state index contributed by atoms with van der Waals surface area (Å²) < 4.78 is 5.22. The molecule has 0 aliphatic rings. The van der Waals surface area contributed by atoms with Crippen molar-refractivity contribution in [1.82, 2.24) is 4.90 Å². The number of carbonyl (C=O) groups is 1. The summed E-state index contributed by atoms with van der Waals surface area (Å²) in [6.07, 6.45) is 2.65. The predicted octanol–water partition coefficient (Wildman–Crippen LogP) is 2.73. The Bertz CT molecular complexity index is 459. The number of carbonyl (C=O) groups excluding carboxylic acids is 1. The van der Waals surface area contributed by atoms with E-state index in [1.165, 1.54) is 0 Å². The molecular weight excluding hydrogens is 266 g/mol. The van der Waals surface area contributed by atoms with Crippen molar-refractivity contribution in [3.63, 3.8) is 0 Å². The first kappa shape index (κ1) is 17.3. The van der Waals surface area contributed by atoms with Crippen LogP contribution in [0, 0.1) is 0 Å². The van der Waals surface area contributed by atoms with E-state index in [0.717, 1.165) is 19.4 Å². The standard InChI is InChI=1S/C16H27N3O2/c1-5-13(6-2)19(3)10-9-16(20)18-14-8-7-12(17)11-15(14)21-4/h7-8,11,13H,5-6,9-10,17H2,1-4H3,(H,18,20). The molecule has 1 rings (SSSR count). The van der Waals surface area contributed by atoms with Crippen LogP contribution in [0.15, 0.2) is 18.2 Å². The summed E-state index contributed by atoms with van der Waals surface area (Å²) in [5, 5.41) is 2.87. The van der Waals surface area contributed by atoms with Crippen molar-refractivity contribution in [2.45, 2.75) is 39.2 Å². The second kappa shape index (κ2) is 8.52. The first-order valence-corrected chi connectivity index (χ1v) is 7.45. The predicted molar refractivity (Wildman–Crippen MR) is 87.7 cm³/mol. The van der Waals surface area contributed by atoms with E-state index in [2.05, 4.69) is 31.1 Å². The molecule has 0 bridgehead atoms. The number of amides is 1. The van der Waals surface area contributed by atoms with Crippen LogP contribution < -0.4 is 15.8 Å². The number of benzene rings is 1. The van der Waals surface area contributed by atoms with Crippen LogP contribution in [0.25, 0.3) is 0 Å². The topological polar surface area (TPSA) is 67.6 Å². The van der Waals surface area contributed by atoms with E-state index < -0.39 is 0 Å². The Hall–Kier alpha value is -1.75. The van der Waals surface area contributed by atoms with Crippen LogP contribution >= 0.6 is 0 Å². The van der Waals surface area contributed by atoms with E-state index in [0.29, 0.717) is 29.6 Å². The number of ether oxygens (including phenoxy) is 1. The molecule has 118 valence electrons. The average Bonchev–Trinajstić information content (AvgIpc) is 2.48. The first-order valence-electron chi connectivity index (χ1n) is 7.45. The van der Waals surface area contributed by atoms with Gasteiger partial charge in [-0.25, -0.2) is 0 Å². The second-order valence-corrected chi connectivity index (χ2v) is 5.21. The quantitative estimate of drug-likeness (QED) is 0.723. The summed E-state index contributed by atoms with van der Waals surface area (Å²) >= 11 is 0. The summed E-state index contributed by atoms with van der Waals surface area (Å²) in [7, 11) is 3.63. The highest BCUT2D eigenvalue weighted by Gasteiger charge is 2.13. The van der Waals surface area contributed by atoms with Crippen LogP contribution in [-0.4, -0.2) is 37.6 Å². The molecule has 1 amide bonds. The number of nitrogens with zero attached hydrogens (tertiary/aromatic N) is 1. The minimum Gasteiger partial charge on any atom is -0.494 e. The average molecular weight is 293 g/mol. The largest absolute Gasteiger partial charge is 0.494 e. The minimum absolute atomic E-state index is 0.0177. The third-order valence-corrected chi connectivity index (χ3v) is 3.76. The van der Waals surface area contributed by atoms with Gasteiger partial charge in [-0.3, -0.25) is 4.79 Å². The number of methoxy groups -OCH3 is 1. The van der Waals surface area contributed by atoms with Gasteiger partial charge < -0.3 is 20.7 Å². The fraction of sp³-hybridized carbons (Fsp3) is 0.562. The number of nitrogen functional groups attached to an aromatic ring is 1. The van der Waals surface area contributed by atoms with E-state index in [1.54, 1.807) is 25.3 Å². The SMILES string of the molecule is CCC(CC)N(C)CCC(=O)Nc1ccc(N)cc1OC. The Morgan fingerprint density at radius 1 is 1.38 bits per heavy atom. The number of rotatable bonds is 8. The molecule has 0 aliphatic heterocycles. The molecule has 0 heterocycles. The van der Waals surface area contributed by atoms with Crippen molar-refractivity contribution in [2.24, 2.45) is 0 Å². The first-order chi connectivity index (χ1) is 10.0. The van der Waals surface area contributed by atoms with Gasteiger partial charge in [0.2, 0.25) is 5.91 Å². The van der Waals surface area contributed by atoms with Crippen molar-refractivity contribution in [1.29, 1.82) is 0 Å². The van der Waals surface area contributed by atoms with Gasteiger partial charge in [-0.05, 0) is 32.0 Å². The Kier molecular flexibility index (Phi) is 7.02. The molecule has 1 aromatic carbocycles. The maximum atomic E-state index is 12.0. The van der Waals surface area contributed by atoms with Crippen molar-refractivity contribution in [3.05, 3.63) is 18.2 Å². The van der Waals surface area contributed by atoms with Gasteiger partial charge >= 0.3 is 0 Å². The van der Waals surface area contributed by atoms with Crippen LogP contribution in [0.2, 0.25) is 0 Å². The van der Waals surface area contributed by atoms with Crippen molar-refractivity contribution in [2.75, 3.05) is 31.8 Å². The molecule has 21 heavy (non-hydrogen) atoms. The zero-order valence-electron chi connectivity index (χ0n) is 13.5. The summed E-state index contributed by atoms with van der Waals surface area (Å²) in [6, 6.07) is 5.74. The molecule has 0 unspecified atom stereocenters. The number of hydrogen-bond acceptors (Lipinski definition) is 4. The smallest absolute Gasteiger partial charge is 0.225 e. The zero-order valence-corrected chi connectivity index (χ0v) is 13.5. The molecule has 0 saturated carbocycles. The molecular formula is C16H27N3O2. The van der Waals surface area contributed by atoms with Gasteiger partial charge in [0.15, 0.2) is 0 Å². The van der Waals surface area contributed by atoms with Crippen LogP contribution in [-0.2, 0) is 4.79 Å². The maximum Gasteiger partial charge on any atom is 0.225 e. The number of nitrogens with one attached hydrogen (secondary N) is 1. The second-order valence-electron chi connectivity index (χ2n) is 5.21. The lowest BCUT2D eigenvalue weighted by Crippen LogP contribution is -2.33. The number of hydrogen-bond donors (Lipinski definition) is 2. The summed E-state index contributed by atoms with van der Waals surface area (Å²) in [6.45, 7) is 5.09. The molecule has 0 fully saturated rings. The Morgan fingerprint density at radius 2 is 2.05 bits per heavy atom. The van der Waals surface area contributed by atoms with E-state index >= 15 is 0 Å². The maximum absolute atomic E-state index is 12.0. The fourth-order valence-electron chi connectivity index (χ4n) is 2.40. The molecule has 1 aromatic rings. The van der Waals surface area contributed by atoms with E-state index in [4.69, 9.17) is 10.5 Å². The third-order valence-electron chi connectivity index (χ3n) is 3.76. The van der Waals surface area contributed by atoms with Gasteiger partial charge in [0.25, 0.3) is 0 Å². The van der Waals surface area contributed by atoms with Crippen LogP contribution in [0.1, 0.15) is 33.1 Å². The van der Waals surface area contributed by atoms with Gasteiger partial charge in [-0.2, -0.15) is 0 Å². The van der Waals surface area contributed by atoms with Crippen molar-refractivity contribution in [3.8, 4) is 5.75 Å². The van der Waals surface area contributed by atoms with Gasteiger partial charge in [0.1, 0.15) is 5.75 Å². The summed E-state index contributed by atoms with van der Waals surface area (Å²) in [4.78, 5) is 14.3. The van der Waals surface area contributed by atoms with Gasteiger partial charge in [0, 0.05) is 30.8 Å². The highest BCUT2D eigenvalue weighted by atomic mass is 16.5. The molecule has 0 atom stereocenters. The molecule has 5 heteroatoms. The normalized spacial score (nSPS) is 11.0. The number of anilines is 2. The molecule has 0 saturated heterocycles. The Morgan fingerprint density at radius 3 is 2.62 bits per heavy atom. The van der Waals surface area contributed by atoms with Gasteiger partial charge in [-0.15, -0.1) is 0 Å². The summed E-state index contributed by atoms with van der Waals surface area (Å²) in [5.74, 6) is 0.563. The fourth-order valence-corrected chi connectivity index (χ4v) is 2.40. The van der Waals surface area contributed by atoms with Crippen molar-refractivity contribution >= 4 is 17.3 Å². The molecule has 3 N–H and O–H groups in total. The molecule has 0 aromatic heterocycles. The van der Waals surface area contributed by atoms with Gasteiger partial charge in [0.05, 0.1) is 12.8 Å². The lowest BCUT2D eigenvalue weighted by atomic mass is 10.1.